The Bertz CT molecular complexity index is 825. The molecule has 1 heterocycles. The summed E-state index contributed by atoms with van der Waals surface area (Å²) < 4.78 is 57.2. The van der Waals surface area contributed by atoms with E-state index < -0.39 is 39.3 Å². The summed E-state index contributed by atoms with van der Waals surface area (Å²) in [6.07, 6.45) is -2.43. The predicted octanol–water partition coefficient (Wildman–Crippen LogP) is 2.25. The molecule has 0 radical (unpaired) electrons. The normalized spacial score (nSPS) is 24.5. The monoisotopic (exact) mass is 348 g/mol. The fourth-order valence-corrected chi connectivity index (χ4v) is 2.67. The van der Waals surface area contributed by atoms with Crippen molar-refractivity contribution in [2.45, 2.75) is 25.8 Å². The summed E-state index contributed by atoms with van der Waals surface area (Å²) >= 11 is 5.76. The Labute approximate surface area is 138 Å². The molecule has 0 bridgehead atoms. The number of carbonyl (C=O) groups excluding carboxylic acids is 1. The molecule has 1 aromatic carbocycles. The number of halogens is 1. The molecule has 0 spiro atoms. The number of rotatable bonds is 6. The summed E-state index contributed by atoms with van der Waals surface area (Å²) in [5, 5.41) is 0.366. The quantitative estimate of drug-likeness (QED) is 0.792. The molecule has 120 valence electrons. The third-order valence-electron chi connectivity index (χ3n) is 2.68. The van der Waals surface area contributed by atoms with Crippen molar-refractivity contribution in [1.82, 2.24) is 0 Å². The average molecular weight is 349 g/mol. The zero-order valence-corrected chi connectivity index (χ0v) is 13.2. The molecule has 0 aliphatic carbocycles. The van der Waals surface area contributed by atoms with Gasteiger partial charge in [0.05, 0.1) is 7.08 Å². The highest BCUT2D eigenvalue weighted by Gasteiger charge is 2.39. The Kier molecular flexibility index (Phi) is 3.82. The van der Waals surface area contributed by atoms with Crippen LogP contribution in [0.2, 0.25) is 5.02 Å². The van der Waals surface area contributed by atoms with Crippen LogP contribution in [0.15, 0.2) is 35.9 Å². The van der Waals surface area contributed by atoms with Crippen molar-refractivity contribution in [1.29, 1.82) is 0 Å². The van der Waals surface area contributed by atoms with E-state index in [1.165, 1.54) is 24.3 Å². The van der Waals surface area contributed by atoms with Crippen LogP contribution in [0.4, 0.5) is 0 Å². The fraction of sp³-hybridized carbons (Fsp3) is 0.357. The highest BCUT2D eigenvalue weighted by Crippen LogP contribution is 2.32. The summed E-state index contributed by atoms with van der Waals surface area (Å²) in [7, 11) is -4.82. The van der Waals surface area contributed by atoms with Crippen molar-refractivity contribution in [2.75, 3.05) is 5.70 Å². The number of carbonyl (C=O) groups is 1. The minimum Gasteiger partial charge on any atom is -0.460 e. The molecule has 1 atom stereocenters. The molecule has 8 heteroatoms. The molecular formula is C14H16ClNO5S. The van der Waals surface area contributed by atoms with Gasteiger partial charge in [0.15, 0.2) is 6.08 Å². The van der Waals surface area contributed by atoms with Crippen molar-refractivity contribution in [3.63, 3.8) is 0 Å². The van der Waals surface area contributed by atoms with E-state index in [4.69, 9.17) is 26.2 Å². The van der Waals surface area contributed by atoms with Crippen LogP contribution < -0.4 is 5.73 Å². The Balaban J connectivity index is 2.34. The van der Waals surface area contributed by atoms with E-state index in [1.54, 1.807) is 6.92 Å². The molecule has 1 aliphatic heterocycles. The standard InChI is InChI=1S/C14H16ClNO5S/c1-2-3-8-22(18,19)21-13-11(17)12(20-14(13)16)9-4-6-10(15)7-5-9/h4-7,12H,2-3,8,16H2,1H3/t12-/m0/s1/i8D2,12D. The lowest BCUT2D eigenvalue weighted by atomic mass is 10.1. The molecule has 0 unspecified atom stereocenters. The lowest BCUT2D eigenvalue weighted by Crippen LogP contribution is -2.17. The van der Waals surface area contributed by atoms with Gasteiger partial charge in [0, 0.05) is 13.3 Å². The molecule has 0 amide bonds. The third-order valence-corrected chi connectivity index (χ3v) is 3.87. The van der Waals surface area contributed by atoms with Crippen LogP contribution in [-0.2, 0) is 23.8 Å². The molecule has 6 nitrogen and oxygen atoms in total. The van der Waals surface area contributed by atoms with E-state index in [9.17, 15) is 13.2 Å². The van der Waals surface area contributed by atoms with Crippen LogP contribution in [0.25, 0.3) is 0 Å². The van der Waals surface area contributed by atoms with Gasteiger partial charge in [-0.3, -0.25) is 4.79 Å². The smallest absolute Gasteiger partial charge is 0.309 e. The summed E-state index contributed by atoms with van der Waals surface area (Å²) in [6, 6.07) is 5.56. The Morgan fingerprint density at radius 1 is 1.45 bits per heavy atom. The van der Waals surface area contributed by atoms with Gasteiger partial charge in [-0.25, -0.2) is 0 Å². The first-order valence-electron chi connectivity index (χ1n) is 7.88. The Morgan fingerprint density at radius 2 is 2.09 bits per heavy atom. The van der Waals surface area contributed by atoms with E-state index in [2.05, 4.69) is 4.18 Å². The van der Waals surface area contributed by atoms with Gasteiger partial charge < -0.3 is 14.7 Å². The van der Waals surface area contributed by atoms with Crippen LogP contribution >= 0.6 is 11.6 Å². The Morgan fingerprint density at radius 3 is 2.68 bits per heavy atom. The number of hydrogen-bond donors (Lipinski definition) is 1. The van der Waals surface area contributed by atoms with Crippen molar-refractivity contribution < 1.29 is 26.2 Å². The molecule has 2 rings (SSSR count). The molecule has 1 aromatic rings. The number of Topliss-reactive ketones (excluding diaryl/α,β-unsaturated/α-hetero) is 1. The second kappa shape index (κ2) is 6.58. The lowest BCUT2D eigenvalue weighted by Gasteiger charge is -2.09. The van der Waals surface area contributed by atoms with Crippen LogP contribution in [0, 0.1) is 0 Å². The molecule has 2 N–H and O–H groups in total. The number of ether oxygens (including phenoxy) is 1. The SMILES string of the molecule is [2H]C([2H])(CCC)S(=O)(=O)OC1=C(N)O[C@@]([2H])(c2ccc(Cl)cc2)C1=O. The molecule has 0 aromatic heterocycles. The van der Waals surface area contributed by atoms with Crippen LogP contribution in [0.1, 0.15) is 35.5 Å². The van der Waals surface area contributed by atoms with Gasteiger partial charge in [-0.15, -0.1) is 0 Å². The topological polar surface area (TPSA) is 95.7 Å². The van der Waals surface area contributed by atoms with E-state index in [-0.39, 0.29) is 18.4 Å². The largest absolute Gasteiger partial charge is 0.460 e. The van der Waals surface area contributed by atoms with Gasteiger partial charge in [0.1, 0.15) is 0 Å². The molecule has 1 aliphatic rings. The number of benzene rings is 1. The van der Waals surface area contributed by atoms with E-state index in [0.717, 1.165) is 0 Å². The summed E-state index contributed by atoms with van der Waals surface area (Å²) in [5.74, 6) is -2.76. The van der Waals surface area contributed by atoms with Gasteiger partial charge in [0.25, 0.3) is 0 Å². The van der Waals surface area contributed by atoms with Crippen molar-refractivity contribution >= 4 is 27.5 Å². The second-order valence-electron chi connectivity index (χ2n) is 4.39. The van der Waals surface area contributed by atoms with Gasteiger partial charge in [-0.05, 0) is 18.6 Å². The van der Waals surface area contributed by atoms with Crippen LogP contribution in [-0.4, -0.2) is 19.9 Å². The predicted molar refractivity (Wildman–Crippen MR) is 81.3 cm³/mol. The zero-order chi connectivity index (χ0) is 19.0. The second-order valence-corrected chi connectivity index (χ2v) is 6.19. The first-order chi connectivity index (χ1) is 11.4. The van der Waals surface area contributed by atoms with Gasteiger partial charge in [0.2, 0.25) is 17.4 Å². The van der Waals surface area contributed by atoms with Crippen LogP contribution in [0.5, 0.6) is 0 Å². The number of ketones is 1. The summed E-state index contributed by atoms with van der Waals surface area (Å²) in [5.41, 5.74) is 2.86. The van der Waals surface area contributed by atoms with Gasteiger partial charge in [-0.1, -0.05) is 37.1 Å². The maximum absolute atomic E-state index is 12.5. The first kappa shape index (κ1) is 12.8. The minimum absolute atomic E-state index is 0.0671. The zero-order valence-electron chi connectivity index (χ0n) is 14.6. The molecule has 0 saturated heterocycles. The minimum atomic E-state index is -4.82. The van der Waals surface area contributed by atoms with Crippen molar-refractivity contribution in [2.24, 2.45) is 5.73 Å². The Hall–Kier alpha value is -1.73. The van der Waals surface area contributed by atoms with Gasteiger partial charge >= 0.3 is 10.1 Å². The molecule has 0 fully saturated rings. The lowest BCUT2D eigenvalue weighted by molar-refractivity contribution is -0.123. The maximum Gasteiger partial charge on any atom is 0.309 e. The van der Waals surface area contributed by atoms with Crippen molar-refractivity contribution in [3.8, 4) is 0 Å². The maximum atomic E-state index is 12.5. The van der Waals surface area contributed by atoms with E-state index in [0.29, 0.717) is 5.02 Å². The molecular weight excluding hydrogens is 330 g/mol. The highest BCUT2D eigenvalue weighted by molar-refractivity contribution is 7.86. The summed E-state index contributed by atoms with van der Waals surface area (Å²) in [6.45, 7) is 1.60. The number of hydrogen-bond acceptors (Lipinski definition) is 6. The van der Waals surface area contributed by atoms with Crippen molar-refractivity contribution in [3.05, 3.63) is 46.5 Å². The molecule has 0 saturated carbocycles. The fourth-order valence-electron chi connectivity index (χ4n) is 1.65. The third kappa shape index (κ3) is 3.72. The first-order valence-corrected chi connectivity index (χ1v) is 8.17. The van der Waals surface area contributed by atoms with E-state index in [1.807, 2.05) is 0 Å². The highest BCUT2D eigenvalue weighted by atomic mass is 35.5. The average Bonchev–Trinajstić information content (AvgIpc) is 2.72. The summed E-state index contributed by atoms with van der Waals surface area (Å²) in [4.78, 5) is 12.5. The van der Waals surface area contributed by atoms with E-state index >= 15 is 0 Å². The van der Waals surface area contributed by atoms with Gasteiger partial charge in [-0.2, -0.15) is 8.42 Å². The number of nitrogens with two attached hydrogens (primary N) is 1. The molecule has 22 heavy (non-hydrogen) atoms. The van der Waals surface area contributed by atoms with Crippen LogP contribution in [0.3, 0.4) is 0 Å².